The van der Waals surface area contributed by atoms with E-state index in [1.165, 1.54) is 4.90 Å². The number of carbonyl (C=O) groups is 1. The lowest BCUT2D eigenvalue weighted by Crippen LogP contribution is -2.53. The highest BCUT2D eigenvalue weighted by Crippen LogP contribution is 2.40. The zero-order valence-corrected chi connectivity index (χ0v) is 17.6. The number of alkyl halides is 2. The number of halogens is 2. The Kier molecular flexibility index (Phi) is 4.71. The van der Waals surface area contributed by atoms with Crippen LogP contribution in [0.4, 0.5) is 19.3 Å². The molecular formula is C22H25F2N5O2. The first-order valence-electron chi connectivity index (χ1n) is 10.6. The molecular weight excluding hydrogens is 404 g/mol. The maximum Gasteiger partial charge on any atom is 0.410 e. The van der Waals surface area contributed by atoms with Gasteiger partial charge in [-0.2, -0.15) is 0 Å². The summed E-state index contributed by atoms with van der Waals surface area (Å²) in [5, 5.41) is 0. The first kappa shape index (κ1) is 20.0. The van der Waals surface area contributed by atoms with Gasteiger partial charge in [0.2, 0.25) is 0 Å². The van der Waals surface area contributed by atoms with Gasteiger partial charge in [-0.25, -0.2) is 18.6 Å². The third-order valence-corrected chi connectivity index (χ3v) is 6.50. The van der Waals surface area contributed by atoms with Crippen molar-refractivity contribution in [1.82, 2.24) is 19.4 Å². The molecule has 1 saturated carbocycles. The van der Waals surface area contributed by atoms with Crippen molar-refractivity contribution < 1.29 is 18.3 Å². The maximum absolute atomic E-state index is 13.4. The Morgan fingerprint density at radius 1 is 1.26 bits per heavy atom. The molecule has 9 heteroatoms. The van der Waals surface area contributed by atoms with Crippen molar-refractivity contribution in [2.24, 2.45) is 7.05 Å². The molecule has 0 radical (unpaired) electrons. The molecule has 3 aliphatic rings. The number of amides is 1. The van der Waals surface area contributed by atoms with Crippen LogP contribution in [0.1, 0.15) is 35.6 Å². The summed E-state index contributed by atoms with van der Waals surface area (Å²) >= 11 is 0. The highest BCUT2D eigenvalue weighted by molar-refractivity contribution is 5.91. The molecule has 1 atom stereocenters. The number of piperazine rings is 1. The predicted octanol–water partition coefficient (Wildman–Crippen LogP) is 3.28. The first-order chi connectivity index (χ1) is 14.8. The highest BCUT2D eigenvalue weighted by Gasteiger charge is 2.51. The van der Waals surface area contributed by atoms with E-state index < -0.39 is 18.1 Å². The van der Waals surface area contributed by atoms with Crippen LogP contribution in [0.15, 0.2) is 18.5 Å². The van der Waals surface area contributed by atoms with Crippen molar-refractivity contribution in [3.05, 3.63) is 41.2 Å². The minimum absolute atomic E-state index is 0.209. The van der Waals surface area contributed by atoms with Crippen molar-refractivity contribution >= 4 is 23.4 Å². The van der Waals surface area contributed by atoms with Crippen molar-refractivity contribution in [3.63, 3.8) is 0 Å². The van der Waals surface area contributed by atoms with E-state index in [2.05, 4.69) is 20.9 Å². The van der Waals surface area contributed by atoms with E-state index in [1.807, 2.05) is 37.0 Å². The molecule has 0 N–H and O–H groups in total. The zero-order chi connectivity index (χ0) is 21.8. The van der Waals surface area contributed by atoms with Crippen LogP contribution in [0.2, 0.25) is 0 Å². The first-order valence-corrected chi connectivity index (χ1v) is 10.6. The molecule has 5 rings (SSSR count). The van der Waals surface area contributed by atoms with E-state index in [0.717, 1.165) is 40.5 Å². The Hall–Kier alpha value is -2.97. The minimum atomic E-state index is -2.88. The summed E-state index contributed by atoms with van der Waals surface area (Å²) in [6.07, 6.45) is 4.83. The summed E-state index contributed by atoms with van der Waals surface area (Å²) in [4.78, 5) is 25.2. The van der Waals surface area contributed by atoms with E-state index in [4.69, 9.17) is 4.74 Å². The van der Waals surface area contributed by atoms with Crippen LogP contribution in [0, 0.1) is 6.92 Å². The normalized spacial score (nSPS) is 22.1. The summed E-state index contributed by atoms with van der Waals surface area (Å²) in [5.41, 5.74) is 5.29. The van der Waals surface area contributed by atoms with Gasteiger partial charge in [-0.15, -0.1) is 0 Å². The third kappa shape index (κ3) is 3.55. The fourth-order valence-electron chi connectivity index (χ4n) is 4.31. The number of ether oxygens (including phenoxy) is 1. The summed E-state index contributed by atoms with van der Waals surface area (Å²) in [7, 11) is 1.98. The van der Waals surface area contributed by atoms with Gasteiger partial charge in [-0.05, 0) is 31.1 Å². The Balaban J connectivity index is 1.27. The molecule has 0 bridgehead atoms. The van der Waals surface area contributed by atoms with E-state index in [9.17, 15) is 13.6 Å². The Morgan fingerprint density at radius 3 is 2.65 bits per heavy atom. The van der Waals surface area contributed by atoms with Gasteiger partial charge in [0.25, 0.3) is 5.92 Å². The third-order valence-electron chi connectivity index (χ3n) is 6.50. The number of allylic oxidation sites excluding steroid dienone is 1. The number of hydrogen-bond donors (Lipinski definition) is 0. The summed E-state index contributed by atoms with van der Waals surface area (Å²) in [5.74, 6) is -1.92. The number of rotatable bonds is 3. The van der Waals surface area contributed by atoms with Crippen molar-refractivity contribution in [2.75, 3.05) is 31.1 Å². The number of aryl methyl sites for hydroxylation is 2. The highest BCUT2D eigenvalue weighted by atomic mass is 19.3. The predicted molar refractivity (Wildman–Crippen MR) is 112 cm³/mol. The van der Waals surface area contributed by atoms with Crippen LogP contribution in [0.5, 0.6) is 0 Å². The van der Waals surface area contributed by atoms with Gasteiger partial charge in [0.1, 0.15) is 5.82 Å². The van der Waals surface area contributed by atoms with Crippen molar-refractivity contribution in [2.45, 2.75) is 38.2 Å². The number of fused-ring (bicyclic) bond motifs is 1. The monoisotopic (exact) mass is 429 g/mol. The van der Waals surface area contributed by atoms with Crippen LogP contribution in [0.3, 0.4) is 0 Å². The SMILES string of the molecule is Cc1nc(C2=Cc3c(N4CCN(C(=O)O[C@@H]5CCC5(F)F)CC4)ccnc3C2)cn1C. The molecule has 3 heterocycles. The minimum Gasteiger partial charge on any atom is -0.440 e. The molecule has 1 amide bonds. The fourth-order valence-corrected chi connectivity index (χ4v) is 4.31. The van der Waals surface area contributed by atoms with Crippen LogP contribution < -0.4 is 4.90 Å². The molecule has 2 aliphatic carbocycles. The zero-order valence-electron chi connectivity index (χ0n) is 17.6. The molecule has 31 heavy (non-hydrogen) atoms. The van der Waals surface area contributed by atoms with E-state index in [0.29, 0.717) is 26.2 Å². The number of carbonyl (C=O) groups excluding carboxylic acids is 1. The van der Waals surface area contributed by atoms with Gasteiger partial charge in [-0.3, -0.25) is 4.98 Å². The van der Waals surface area contributed by atoms with Crippen LogP contribution in [0.25, 0.3) is 11.6 Å². The molecule has 7 nitrogen and oxygen atoms in total. The van der Waals surface area contributed by atoms with Crippen molar-refractivity contribution in [3.8, 4) is 0 Å². The molecule has 164 valence electrons. The second kappa shape index (κ2) is 7.32. The molecule has 2 fully saturated rings. The average molecular weight is 429 g/mol. The van der Waals surface area contributed by atoms with E-state index in [-0.39, 0.29) is 12.8 Å². The van der Waals surface area contributed by atoms with Crippen LogP contribution >= 0.6 is 0 Å². The van der Waals surface area contributed by atoms with Gasteiger partial charge >= 0.3 is 6.09 Å². The quantitative estimate of drug-likeness (QED) is 0.749. The maximum atomic E-state index is 13.4. The second-order valence-electron chi connectivity index (χ2n) is 8.47. The largest absolute Gasteiger partial charge is 0.440 e. The Bertz CT molecular complexity index is 1040. The molecule has 2 aromatic heterocycles. The number of pyridine rings is 1. The lowest BCUT2D eigenvalue weighted by molar-refractivity contribution is -0.179. The lowest BCUT2D eigenvalue weighted by atomic mass is 9.91. The Labute approximate surface area is 179 Å². The summed E-state index contributed by atoms with van der Waals surface area (Å²) in [6, 6.07) is 1.99. The molecule has 1 aliphatic heterocycles. The molecule has 0 spiro atoms. The van der Waals surface area contributed by atoms with Gasteiger partial charge < -0.3 is 19.1 Å². The van der Waals surface area contributed by atoms with Gasteiger partial charge in [0, 0.05) is 69.7 Å². The molecule has 0 aromatic carbocycles. The fraction of sp³-hybridized carbons (Fsp3) is 0.500. The molecule has 2 aromatic rings. The topological polar surface area (TPSA) is 63.5 Å². The molecule has 1 saturated heterocycles. The van der Waals surface area contributed by atoms with Crippen LogP contribution in [-0.4, -0.2) is 63.7 Å². The van der Waals surface area contributed by atoms with E-state index in [1.54, 1.807) is 0 Å². The van der Waals surface area contributed by atoms with Gasteiger partial charge in [0.05, 0.1) is 11.4 Å². The number of nitrogens with zero attached hydrogens (tertiary/aromatic N) is 5. The Morgan fingerprint density at radius 2 is 2.03 bits per heavy atom. The van der Waals surface area contributed by atoms with E-state index >= 15 is 0 Å². The average Bonchev–Trinajstić information content (AvgIpc) is 3.34. The molecule has 0 unspecified atom stereocenters. The lowest BCUT2D eigenvalue weighted by Gasteiger charge is -2.39. The summed E-state index contributed by atoms with van der Waals surface area (Å²) < 4.78 is 33.8. The second-order valence-corrected chi connectivity index (χ2v) is 8.47. The smallest absolute Gasteiger partial charge is 0.410 e. The van der Waals surface area contributed by atoms with Gasteiger partial charge in [0.15, 0.2) is 6.10 Å². The number of hydrogen-bond acceptors (Lipinski definition) is 5. The van der Waals surface area contributed by atoms with Crippen LogP contribution in [-0.2, 0) is 18.2 Å². The standard InChI is InChI=1S/C22H25F2N5O2/c1-14-26-18(13-27(14)2)15-11-16-17(12-15)25-6-4-19(16)28-7-9-29(10-8-28)21(30)31-20-3-5-22(20,23)24/h4,6,11,13,20H,3,5,7-10,12H2,1-2H3/t20-/m1/s1. The summed E-state index contributed by atoms with van der Waals surface area (Å²) in [6.45, 7) is 4.07. The number of aromatic nitrogens is 3. The van der Waals surface area contributed by atoms with Crippen molar-refractivity contribution in [1.29, 1.82) is 0 Å². The number of anilines is 1. The van der Waals surface area contributed by atoms with Gasteiger partial charge in [-0.1, -0.05) is 0 Å². The number of imidazole rings is 1.